The molecule has 0 aromatic carbocycles. The summed E-state index contributed by atoms with van der Waals surface area (Å²) in [5.74, 6) is 0.470. The van der Waals surface area contributed by atoms with E-state index in [1.54, 1.807) is 0 Å². The summed E-state index contributed by atoms with van der Waals surface area (Å²) < 4.78 is 2.19. The van der Waals surface area contributed by atoms with Crippen molar-refractivity contribution in [3.8, 4) is 0 Å². The third-order valence-corrected chi connectivity index (χ3v) is 5.35. The third-order valence-electron chi connectivity index (χ3n) is 5.35. The first-order valence-electron chi connectivity index (χ1n) is 7.91. The molecular formula is C11H16B10N+. The van der Waals surface area contributed by atoms with E-state index in [2.05, 4.69) is 44.6 Å². The molecule has 22 heavy (non-hydrogen) atoms. The normalized spacial score (nSPS) is 19.7. The molecule has 1 aliphatic heterocycles. The van der Waals surface area contributed by atoms with E-state index >= 15 is 0 Å². The van der Waals surface area contributed by atoms with Gasteiger partial charge in [-0.2, -0.15) is 0 Å². The van der Waals surface area contributed by atoms with Crippen molar-refractivity contribution in [2.45, 2.75) is 32.3 Å². The second-order valence-electron chi connectivity index (χ2n) is 6.95. The molecule has 11 heteroatoms. The quantitative estimate of drug-likeness (QED) is 0.418. The SMILES string of the molecule is [B]B([B])B([B])B(B([B])[B])C1B(c2cc(C)c(C)c[n+]2C)C1C. The second-order valence-corrected chi connectivity index (χ2v) is 6.95. The third kappa shape index (κ3) is 3.34. The smallest absolute Gasteiger partial charge is 0.214 e. The average Bonchev–Trinajstić information content (AvgIpc) is 3.04. The van der Waals surface area contributed by atoms with Crippen LogP contribution in [0.25, 0.3) is 0 Å². The van der Waals surface area contributed by atoms with Gasteiger partial charge in [0.25, 0.3) is 6.71 Å². The van der Waals surface area contributed by atoms with Gasteiger partial charge >= 0.3 is 0 Å². The lowest BCUT2D eigenvalue weighted by Crippen LogP contribution is -2.61. The number of pyridine rings is 1. The van der Waals surface area contributed by atoms with Crippen LogP contribution in [0.3, 0.4) is 0 Å². The van der Waals surface area contributed by atoms with Crippen molar-refractivity contribution in [1.82, 2.24) is 0 Å². The number of hydrogen-bond acceptors (Lipinski definition) is 0. The van der Waals surface area contributed by atoms with Crippen LogP contribution in [0, 0.1) is 13.8 Å². The van der Waals surface area contributed by atoms with Crippen molar-refractivity contribution in [2.75, 3.05) is 0 Å². The Kier molecular flexibility index (Phi) is 5.55. The highest BCUT2D eigenvalue weighted by Crippen LogP contribution is 2.50. The van der Waals surface area contributed by atoms with E-state index in [1.165, 1.54) is 16.7 Å². The van der Waals surface area contributed by atoms with Crippen LogP contribution in [0.1, 0.15) is 18.1 Å². The van der Waals surface area contributed by atoms with Crippen LogP contribution < -0.4 is 10.2 Å². The van der Waals surface area contributed by atoms with Gasteiger partial charge in [-0.05, 0) is 25.5 Å². The second kappa shape index (κ2) is 6.73. The molecule has 0 saturated carbocycles. The van der Waals surface area contributed by atoms with Gasteiger partial charge in [-0.15, -0.1) is 0 Å². The highest BCUT2D eigenvalue weighted by Gasteiger charge is 2.60. The van der Waals surface area contributed by atoms with Crippen LogP contribution in [-0.2, 0) is 7.05 Å². The van der Waals surface area contributed by atoms with E-state index in [0.717, 1.165) is 0 Å². The summed E-state index contributed by atoms with van der Waals surface area (Å²) in [6.45, 7) is 6.79. The zero-order valence-corrected chi connectivity index (χ0v) is 14.0. The zero-order valence-electron chi connectivity index (χ0n) is 14.0. The van der Waals surface area contributed by atoms with E-state index in [0.29, 0.717) is 18.2 Å². The monoisotopic (exact) mass is 272 g/mol. The number of aromatic nitrogens is 1. The van der Waals surface area contributed by atoms with Gasteiger partial charge in [-0.3, -0.25) is 0 Å². The Bertz CT molecular complexity index is 550. The molecule has 0 aliphatic carbocycles. The molecule has 0 spiro atoms. The van der Waals surface area contributed by atoms with Crippen LogP contribution >= 0.6 is 0 Å². The summed E-state index contributed by atoms with van der Waals surface area (Å²) in [6, 6.07) is 2.25. The van der Waals surface area contributed by atoms with Gasteiger partial charge in [-0.1, -0.05) is 18.5 Å². The zero-order chi connectivity index (χ0) is 16.8. The van der Waals surface area contributed by atoms with Crippen LogP contribution in [0.4, 0.5) is 0 Å². The molecule has 0 N–H and O–H groups in total. The van der Waals surface area contributed by atoms with Gasteiger partial charge < -0.3 is 0 Å². The van der Waals surface area contributed by atoms with Gasteiger partial charge in [0.05, 0.1) is 0 Å². The predicted octanol–water partition coefficient (Wildman–Crippen LogP) is -2.32. The summed E-state index contributed by atoms with van der Waals surface area (Å²) in [4.78, 5) is 0. The Labute approximate surface area is 144 Å². The van der Waals surface area contributed by atoms with Crippen molar-refractivity contribution < 1.29 is 4.57 Å². The summed E-state index contributed by atoms with van der Waals surface area (Å²) in [7, 11) is 31.8. The summed E-state index contributed by atoms with van der Waals surface area (Å²) in [6.07, 6.45) is 0.647. The van der Waals surface area contributed by atoms with Crippen LogP contribution in [0.2, 0.25) is 11.5 Å². The lowest BCUT2D eigenvalue weighted by atomic mass is 8.62. The molecule has 2 unspecified atom stereocenters. The predicted molar refractivity (Wildman–Crippen MR) is 107 cm³/mol. The van der Waals surface area contributed by atoms with E-state index in [4.69, 9.17) is 38.7 Å². The van der Waals surface area contributed by atoms with Crippen LogP contribution in [-0.4, -0.2) is 71.0 Å². The molecule has 1 aromatic rings. The van der Waals surface area contributed by atoms with Crippen molar-refractivity contribution in [3.05, 3.63) is 23.4 Å². The molecule has 1 nitrogen and oxygen atoms in total. The number of nitrogens with zero attached hydrogens (tertiary/aromatic N) is 1. The Morgan fingerprint density at radius 3 is 2.14 bits per heavy atom. The molecule has 2 heterocycles. The minimum Gasteiger partial charge on any atom is -0.214 e. The van der Waals surface area contributed by atoms with Crippen LogP contribution in [0.5, 0.6) is 0 Å². The van der Waals surface area contributed by atoms with Crippen molar-refractivity contribution >= 4 is 76.6 Å². The first-order chi connectivity index (χ1) is 10.2. The van der Waals surface area contributed by atoms with E-state index in [-0.39, 0.29) is 6.49 Å². The lowest BCUT2D eigenvalue weighted by Gasteiger charge is -2.26. The maximum Gasteiger partial charge on any atom is 0.256 e. The number of rotatable bonds is 5. The molecule has 1 saturated heterocycles. The fraction of sp³-hybridized carbons (Fsp3) is 0.545. The highest BCUT2D eigenvalue weighted by molar-refractivity contribution is 7.92. The minimum atomic E-state index is -0.610. The molecule has 1 aliphatic rings. The van der Waals surface area contributed by atoms with Gasteiger partial charge in [0.2, 0.25) is 0 Å². The first-order valence-corrected chi connectivity index (χ1v) is 7.91. The molecule has 2 rings (SSSR count). The van der Waals surface area contributed by atoms with Gasteiger partial charge in [-0.25, -0.2) is 4.57 Å². The molecule has 0 amide bonds. The van der Waals surface area contributed by atoms with Crippen molar-refractivity contribution in [1.29, 1.82) is 0 Å². The fourth-order valence-electron chi connectivity index (χ4n) is 3.81. The molecule has 2 atom stereocenters. The van der Waals surface area contributed by atoms with E-state index < -0.39 is 19.2 Å². The van der Waals surface area contributed by atoms with Crippen molar-refractivity contribution in [3.63, 3.8) is 0 Å². The number of hydrogen-bond donors (Lipinski definition) is 0. The molecule has 1 fully saturated rings. The van der Waals surface area contributed by atoms with Gasteiger partial charge in [0.1, 0.15) is 12.6 Å². The fourth-order valence-corrected chi connectivity index (χ4v) is 3.81. The van der Waals surface area contributed by atoms with Gasteiger partial charge in [0, 0.05) is 69.9 Å². The lowest BCUT2D eigenvalue weighted by molar-refractivity contribution is -0.654. The standard InChI is InChI=1S/C11H16B10N/c1-7-5-10(22(4)6-8(7)2)17-9(3)11(17)18(19(12)13)21(16)20(14)15/h5-6,9,11H,1-4H3/q+1. The highest BCUT2D eigenvalue weighted by atomic mass is 14.9. The Morgan fingerprint density at radius 1 is 1.05 bits per heavy atom. The molecule has 0 bridgehead atoms. The molecular weight excluding hydrogens is 254 g/mol. The first kappa shape index (κ1) is 18.1. The minimum absolute atomic E-state index is 0.0818. The van der Waals surface area contributed by atoms with Crippen LogP contribution in [0.15, 0.2) is 12.3 Å². The number of aryl methyl sites for hydroxylation is 3. The summed E-state index contributed by atoms with van der Waals surface area (Å²) in [5, 5.41) is 0. The molecule has 94 valence electrons. The maximum absolute atomic E-state index is 6.18. The summed E-state index contributed by atoms with van der Waals surface area (Å²) >= 11 is 0. The summed E-state index contributed by atoms with van der Waals surface area (Å²) in [5.41, 5.74) is 4.19. The van der Waals surface area contributed by atoms with E-state index in [9.17, 15) is 0 Å². The Morgan fingerprint density at radius 2 is 1.64 bits per heavy atom. The van der Waals surface area contributed by atoms with Gasteiger partial charge in [0.15, 0.2) is 6.20 Å². The Balaban J connectivity index is 2.30. The topological polar surface area (TPSA) is 3.88 Å². The Hall–Kier alpha value is -0.201. The molecule has 1 aromatic heterocycles. The largest absolute Gasteiger partial charge is 0.256 e. The van der Waals surface area contributed by atoms with E-state index in [1.807, 2.05) is 0 Å². The van der Waals surface area contributed by atoms with Crippen molar-refractivity contribution in [2.24, 2.45) is 7.05 Å². The molecule has 10 radical (unpaired) electrons. The maximum atomic E-state index is 6.18. The average molecular weight is 270 g/mol.